The van der Waals surface area contributed by atoms with Gasteiger partial charge in [0.2, 0.25) is 0 Å². The van der Waals surface area contributed by atoms with Crippen molar-refractivity contribution in [2.45, 2.75) is 6.10 Å². The molecular formula is C11H13ClN2O3. The fourth-order valence-electron chi connectivity index (χ4n) is 1.68. The number of amides is 1. The summed E-state index contributed by atoms with van der Waals surface area (Å²) in [6, 6.07) is 5.13. The van der Waals surface area contributed by atoms with Crippen molar-refractivity contribution >= 4 is 23.4 Å². The minimum Gasteiger partial charge on any atom is -0.495 e. The monoisotopic (exact) mass is 256 g/mol. The van der Waals surface area contributed by atoms with Crippen LogP contribution in [0.2, 0.25) is 5.02 Å². The van der Waals surface area contributed by atoms with Crippen LogP contribution in [-0.4, -0.2) is 32.4 Å². The molecule has 0 bridgehead atoms. The van der Waals surface area contributed by atoms with Gasteiger partial charge >= 0.3 is 6.09 Å². The molecule has 92 valence electrons. The molecule has 0 unspecified atom stereocenters. The smallest absolute Gasteiger partial charge is 0.414 e. The van der Waals surface area contributed by atoms with E-state index in [4.69, 9.17) is 26.8 Å². The number of hydrogen-bond acceptors (Lipinski definition) is 4. The van der Waals surface area contributed by atoms with E-state index >= 15 is 0 Å². The number of carbonyl (C=O) groups excluding carboxylic acids is 1. The zero-order valence-electron chi connectivity index (χ0n) is 9.35. The Labute approximate surface area is 104 Å². The minimum absolute atomic E-state index is 0.261. The molecule has 5 nitrogen and oxygen atoms in total. The number of nitrogens with zero attached hydrogens (tertiary/aromatic N) is 1. The molecule has 1 fully saturated rings. The molecule has 0 aromatic heterocycles. The van der Waals surface area contributed by atoms with Crippen LogP contribution in [0.1, 0.15) is 0 Å². The lowest BCUT2D eigenvalue weighted by Gasteiger charge is -2.14. The van der Waals surface area contributed by atoms with Crippen LogP contribution < -0.4 is 15.4 Å². The molecule has 1 aromatic carbocycles. The first-order valence-corrected chi connectivity index (χ1v) is 5.55. The summed E-state index contributed by atoms with van der Waals surface area (Å²) in [5.74, 6) is 0.568. The highest BCUT2D eigenvalue weighted by Gasteiger charge is 2.31. The summed E-state index contributed by atoms with van der Waals surface area (Å²) in [4.78, 5) is 13.1. The lowest BCUT2D eigenvalue weighted by molar-refractivity contribution is 0.145. The summed E-state index contributed by atoms with van der Waals surface area (Å²) in [7, 11) is 1.54. The molecule has 1 aromatic rings. The predicted molar refractivity (Wildman–Crippen MR) is 64.7 cm³/mol. The molecule has 1 heterocycles. The average Bonchev–Trinajstić information content (AvgIpc) is 2.70. The highest BCUT2D eigenvalue weighted by molar-refractivity contribution is 6.32. The zero-order chi connectivity index (χ0) is 12.4. The second kappa shape index (κ2) is 4.81. The van der Waals surface area contributed by atoms with E-state index in [-0.39, 0.29) is 6.10 Å². The molecule has 2 N–H and O–H groups in total. The van der Waals surface area contributed by atoms with Gasteiger partial charge in [0, 0.05) is 12.2 Å². The number of anilines is 1. The molecule has 0 saturated carbocycles. The van der Waals surface area contributed by atoms with Crippen molar-refractivity contribution in [3.63, 3.8) is 0 Å². The van der Waals surface area contributed by atoms with Gasteiger partial charge in [0.25, 0.3) is 0 Å². The largest absolute Gasteiger partial charge is 0.495 e. The number of nitrogens with two attached hydrogens (primary N) is 1. The summed E-state index contributed by atoms with van der Waals surface area (Å²) >= 11 is 6.00. The number of hydrogen-bond donors (Lipinski definition) is 1. The van der Waals surface area contributed by atoms with Gasteiger partial charge in [-0.1, -0.05) is 11.6 Å². The zero-order valence-corrected chi connectivity index (χ0v) is 10.1. The van der Waals surface area contributed by atoms with Gasteiger partial charge in [0.1, 0.15) is 11.9 Å². The third-order valence-corrected chi connectivity index (χ3v) is 2.88. The van der Waals surface area contributed by atoms with Crippen LogP contribution in [0.25, 0.3) is 0 Å². The normalized spacial score (nSPS) is 19.4. The SMILES string of the molecule is COc1ccc(N2C[C@H](CN)OC2=O)cc1Cl. The van der Waals surface area contributed by atoms with E-state index in [9.17, 15) is 4.79 Å². The number of halogens is 1. The first-order chi connectivity index (χ1) is 8.15. The highest BCUT2D eigenvalue weighted by atomic mass is 35.5. The standard InChI is InChI=1S/C11H13ClN2O3/c1-16-10-3-2-7(4-9(10)12)14-6-8(5-13)17-11(14)15/h2-4,8H,5-6,13H2,1H3/t8-/m0/s1. The topological polar surface area (TPSA) is 64.8 Å². The van der Waals surface area contributed by atoms with Crippen LogP contribution in [0.15, 0.2) is 18.2 Å². The summed E-state index contributed by atoms with van der Waals surface area (Å²) in [5, 5.41) is 0.453. The van der Waals surface area contributed by atoms with Gasteiger partial charge in [-0.3, -0.25) is 4.90 Å². The third-order valence-electron chi connectivity index (χ3n) is 2.58. The molecule has 0 aliphatic carbocycles. The Bertz CT molecular complexity index is 439. The van der Waals surface area contributed by atoms with Crippen LogP contribution in [0.5, 0.6) is 5.75 Å². The molecule has 1 aliphatic heterocycles. The maximum Gasteiger partial charge on any atom is 0.414 e. The van der Waals surface area contributed by atoms with Crippen molar-refractivity contribution in [3.05, 3.63) is 23.2 Å². The number of methoxy groups -OCH3 is 1. The van der Waals surface area contributed by atoms with Crippen LogP contribution >= 0.6 is 11.6 Å². The fourth-order valence-corrected chi connectivity index (χ4v) is 1.93. The van der Waals surface area contributed by atoms with E-state index in [0.29, 0.717) is 29.5 Å². The third kappa shape index (κ3) is 2.30. The molecular weight excluding hydrogens is 244 g/mol. The van der Waals surface area contributed by atoms with E-state index in [0.717, 1.165) is 0 Å². The first-order valence-electron chi connectivity index (χ1n) is 5.17. The van der Waals surface area contributed by atoms with Gasteiger partial charge in [-0.2, -0.15) is 0 Å². The molecule has 1 atom stereocenters. The van der Waals surface area contributed by atoms with Crippen molar-refractivity contribution in [1.29, 1.82) is 0 Å². The second-order valence-electron chi connectivity index (χ2n) is 3.67. The van der Waals surface area contributed by atoms with E-state index in [1.807, 2.05) is 0 Å². The van der Waals surface area contributed by atoms with Crippen LogP contribution in [0, 0.1) is 0 Å². The predicted octanol–water partition coefficient (Wildman–Crippen LogP) is 1.63. The quantitative estimate of drug-likeness (QED) is 0.893. The Morgan fingerprint density at radius 1 is 1.65 bits per heavy atom. The molecule has 1 amide bonds. The number of carbonyl (C=O) groups is 1. The Kier molecular flexibility index (Phi) is 3.40. The Morgan fingerprint density at radius 2 is 2.41 bits per heavy atom. The maximum absolute atomic E-state index is 11.6. The lowest BCUT2D eigenvalue weighted by Crippen LogP contribution is -2.27. The number of benzene rings is 1. The summed E-state index contributed by atoms with van der Waals surface area (Å²) in [6.07, 6.45) is -0.662. The van der Waals surface area contributed by atoms with Crippen LogP contribution in [0.4, 0.5) is 10.5 Å². The molecule has 0 spiro atoms. The van der Waals surface area contributed by atoms with Gasteiger partial charge < -0.3 is 15.2 Å². The van der Waals surface area contributed by atoms with Crippen molar-refractivity contribution < 1.29 is 14.3 Å². The Balaban J connectivity index is 2.23. The summed E-state index contributed by atoms with van der Waals surface area (Å²) in [5.41, 5.74) is 6.14. The van der Waals surface area contributed by atoms with Gasteiger partial charge in [0.15, 0.2) is 0 Å². The van der Waals surface area contributed by atoms with E-state index < -0.39 is 6.09 Å². The van der Waals surface area contributed by atoms with Crippen LogP contribution in [0.3, 0.4) is 0 Å². The summed E-state index contributed by atoms with van der Waals surface area (Å²) < 4.78 is 10.1. The van der Waals surface area contributed by atoms with Crippen molar-refractivity contribution in [2.24, 2.45) is 5.73 Å². The number of cyclic esters (lactones) is 1. The molecule has 2 rings (SSSR count). The number of rotatable bonds is 3. The Morgan fingerprint density at radius 3 is 2.94 bits per heavy atom. The molecule has 1 saturated heterocycles. The fraction of sp³-hybridized carbons (Fsp3) is 0.364. The highest BCUT2D eigenvalue weighted by Crippen LogP contribution is 2.30. The van der Waals surface area contributed by atoms with E-state index in [1.54, 1.807) is 18.2 Å². The number of ether oxygens (including phenoxy) is 2. The van der Waals surface area contributed by atoms with Crippen molar-refractivity contribution in [2.75, 3.05) is 25.1 Å². The van der Waals surface area contributed by atoms with Crippen molar-refractivity contribution in [3.8, 4) is 5.75 Å². The molecule has 17 heavy (non-hydrogen) atoms. The van der Waals surface area contributed by atoms with E-state index in [1.165, 1.54) is 12.0 Å². The summed E-state index contributed by atoms with van der Waals surface area (Å²) in [6.45, 7) is 0.754. The van der Waals surface area contributed by atoms with Crippen molar-refractivity contribution in [1.82, 2.24) is 0 Å². The molecule has 0 radical (unpaired) electrons. The molecule has 1 aliphatic rings. The Hall–Kier alpha value is -1.46. The van der Waals surface area contributed by atoms with Gasteiger partial charge in [-0.15, -0.1) is 0 Å². The van der Waals surface area contributed by atoms with Crippen LogP contribution in [-0.2, 0) is 4.74 Å². The maximum atomic E-state index is 11.6. The lowest BCUT2D eigenvalue weighted by atomic mass is 10.2. The van der Waals surface area contributed by atoms with Gasteiger partial charge in [0.05, 0.1) is 18.7 Å². The van der Waals surface area contributed by atoms with Gasteiger partial charge in [-0.05, 0) is 18.2 Å². The average molecular weight is 257 g/mol. The van der Waals surface area contributed by atoms with Gasteiger partial charge in [-0.25, -0.2) is 4.79 Å². The van der Waals surface area contributed by atoms with E-state index in [2.05, 4.69) is 0 Å². The molecule has 6 heteroatoms. The minimum atomic E-state index is -0.401. The first kappa shape index (κ1) is 12.0. The second-order valence-corrected chi connectivity index (χ2v) is 4.08.